The molecule has 2 rings (SSSR count). The van der Waals surface area contributed by atoms with E-state index < -0.39 is 0 Å². The van der Waals surface area contributed by atoms with E-state index in [0.717, 1.165) is 11.8 Å². The molecule has 0 aliphatic heterocycles. The van der Waals surface area contributed by atoms with Crippen molar-refractivity contribution in [2.75, 3.05) is 0 Å². The van der Waals surface area contributed by atoms with Crippen LogP contribution in [0.25, 0.3) is 0 Å². The SMILES string of the molecule is C1CC2CCC(C1)C2.[PbH2]. The summed E-state index contributed by atoms with van der Waals surface area (Å²) >= 11 is 0. The molecule has 1 heteroatoms. The summed E-state index contributed by atoms with van der Waals surface area (Å²) in [4.78, 5) is 0. The molecular weight excluding hydrogens is 303 g/mol. The molecule has 0 aromatic carbocycles. The van der Waals surface area contributed by atoms with Gasteiger partial charge < -0.3 is 0 Å². The third kappa shape index (κ3) is 1.69. The molecular formula is C8H16Pb. The first-order chi connectivity index (χ1) is 3.95. The number of hydrogen-bond donors (Lipinski definition) is 0. The van der Waals surface area contributed by atoms with E-state index in [9.17, 15) is 0 Å². The molecule has 9 heavy (non-hydrogen) atoms. The fourth-order valence-electron chi connectivity index (χ4n) is 2.40. The van der Waals surface area contributed by atoms with E-state index in [4.69, 9.17) is 0 Å². The zero-order chi connectivity index (χ0) is 5.40. The first-order valence-electron chi connectivity index (χ1n) is 3.95. The third-order valence-electron chi connectivity index (χ3n) is 2.87. The fraction of sp³-hybridized carbons (Fsp3) is 1.00. The molecule has 2 unspecified atom stereocenters. The Hall–Kier alpha value is 0.922. The average molecular weight is 319 g/mol. The van der Waals surface area contributed by atoms with Gasteiger partial charge in [0.15, 0.2) is 0 Å². The van der Waals surface area contributed by atoms with Gasteiger partial charge in [-0.25, -0.2) is 0 Å². The Balaban J connectivity index is 0.000000405. The van der Waals surface area contributed by atoms with Crippen LogP contribution in [0, 0.1) is 11.8 Å². The molecule has 2 radical (unpaired) electrons. The monoisotopic (exact) mass is 320 g/mol. The summed E-state index contributed by atoms with van der Waals surface area (Å²) in [5.41, 5.74) is 0. The van der Waals surface area contributed by atoms with Crippen LogP contribution in [0.3, 0.4) is 0 Å². The molecule has 0 N–H and O–H groups in total. The van der Waals surface area contributed by atoms with Crippen molar-refractivity contribution in [1.82, 2.24) is 0 Å². The second-order valence-corrected chi connectivity index (χ2v) is 3.48. The zero-order valence-corrected chi connectivity index (χ0v) is 11.6. The van der Waals surface area contributed by atoms with E-state index >= 15 is 0 Å². The second-order valence-electron chi connectivity index (χ2n) is 3.48. The van der Waals surface area contributed by atoms with Crippen molar-refractivity contribution in [3.05, 3.63) is 0 Å². The summed E-state index contributed by atoms with van der Waals surface area (Å²) in [5, 5.41) is 0. The molecule has 0 aromatic rings. The Bertz CT molecular complexity index is 76.6. The van der Waals surface area contributed by atoms with Crippen molar-refractivity contribution >= 4 is 27.3 Å². The predicted octanol–water partition coefficient (Wildman–Crippen LogP) is 1.67. The molecule has 0 amide bonds. The van der Waals surface area contributed by atoms with Crippen LogP contribution in [0.1, 0.15) is 38.5 Å². The van der Waals surface area contributed by atoms with E-state index in [1.54, 1.807) is 32.1 Å². The molecule has 2 saturated carbocycles. The molecule has 2 aliphatic rings. The first kappa shape index (κ1) is 8.02. The maximum atomic E-state index is 1.58. The molecule has 52 valence electrons. The van der Waals surface area contributed by atoms with Crippen molar-refractivity contribution in [2.24, 2.45) is 11.8 Å². The summed E-state index contributed by atoms with van der Waals surface area (Å²) in [6.07, 6.45) is 9.34. The summed E-state index contributed by atoms with van der Waals surface area (Å²) in [6.45, 7) is 0. The first-order valence-corrected chi connectivity index (χ1v) is 3.95. The Kier molecular flexibility index (Phi) is 2.99. The van der Waals surface area contributed by atoms with E-state index in [0.29, 0.717) is 0 Å². The zero-order valence-electron chi connectivity index (χ0n) is 6.10. The molecule has 2 aliphatic carbocycles. The minimum absolute atomic E-state index is 0. The van der Waals surface area contributed by atoms with E-state index in [2.05, 4.69) is 0 Å². The average Bonchev–Trinajstić information content (AvgIpc) is 2.12. The van der Waals surface area contributed by atoms with Crippen LogP contribution in [0.4, 0.5) is 0 Å². The standard InChI is InChI=1S/C8H14.Pb.2H/c1-2-7-4-5-8(3-1)6-7;;;/h7-8H,1-6H2;;;. The molecule has 0 saturated heterocycles. The Morgan fingerprint density at radius 3 is 1.78 bits per heavy atom. The quantitative estimate of drug-likeness (QED) is 0.596. The summed E-state index contributed by atoms with van der Waals surface area (Å²) in [5.74, 6) is 2.32. The van der Waals surface area contributed by atoms with Crippen LogP contribution in [0.2, 0.25) is 0 Å². The Labute approximate surface area is 77.6 Å². The van der Waals surface area contributed by atoms with Crippen LogP contribution >= 0.6 is 0 Å². The molecule has 2 bridgehead atoms. The molecule has 0 heterocycles. The molecule has 2 atom stereocenters. The van der Waals surface area contributed by atoms with Gasteiger partial charge in [0.2, 0.25) is 0 Å². The van der Waals surface area contributed by atoms with E-state index in [-0.39, 0.29) is 27.3 Å². The van der Waals surface area contributed by atoms with Gasteiger partial charge >= 0.3 is 27.3 Å². The molecule has 0 spiro atoms. The van der Waals surface area contributed by atoms with Crippen molar-refractivity contribution in [2.45, 2.75) is 38.5 Å². The molecule has 0 aromatic heterocycles. The van der Waals surface area contributed by atoms with Gasteiger partial charge in [0.05, 0.1) is 0 Å². The van der Waals surface area contributed by atoms with Gasteiger partial charge in [0, 0.05) is 0 Å². The van der Waals surface area contributed by atoms with Crippen molar-refractivity contribution in [3.63, 3.8) is 0 Å². The fourth-order valence-corrected chi connectivity index (χ4v) is 2.40. The number of fused-ring (bicyclic) bond motifs is 2. The maximum absolute atomic E-state index is 1.58. The van der Waals surface area contributed by atoms with E-state index in [1.165, 1.54) is 6.42 Å². The summed E-state index contributed by atoms with van der Waals surface area (Å²) < 4.78 is 0. The Morgan fingerprint density at radius 1 is 0.778 bits per heavy atom. The van der Waals surface area contributed by atoms with Crippen LogP contribution in [0.15, 0.2) is 0 Å². The normalized spacial score (nSPS) is 40.0. The second kappa shape index (κ2) is 3.35. The molecule has 2 fully saturated rings. The van der Waals surface area contributed by atoms with Gasteiger partial charge in [-0.1, -0.05) is 32.1 Å². The van der Waals surface area contributed by atoms with Gasteiger partial charge in [-0.15, -0.1) is 0 Å². The van der Waals surface area contributed by atoms with Gasteiger partial charge in [0.1, 0.15) is 0 Å². The molecule has 0 nitrogen and oxygen atoms in total. The van der Waals surface area contributed by atoms with Crippen molar-refractivity contribution < 1.29 is 0 Å². The number of hydrogen-bond acceptors (Lipinski definition) is 0. The van der Waals surface area contributed by atoms with Crippen LogP contribution in [0.5, 0.6) is 0 Å². The Morgan fingerprint density at radius 2 is 1.33 bits per heavy atom. The summed E-state index contributed by atoms with van der Waals surface area (Å²) in [7, 11) is 0. The topological polar surface area (TPSA) is 0 Å². The van der Waals surface area contributed by atoms with Gasteiger partial charge in [-0.2, -0.15) is 0 Å². The predicted molar refractivity (Wildman–Crippen MR) is 43.2 cm³/mol. The minimum atomic E-state index is 0. The van der Waals surface area contributed by atoms with Crippen LogP contribution < -0.4 is 0 Å². The van der Waals surface area contributed by atoms with Crippen LogP contribution in [-0.2, 0) is 0 Å². The number of rotatable bonds is 0. The van der Waals surface area contributed by atoms with Gasteiger partial charge in [0.25, 0.3) is 0 Å². The summed E-state index contributed by atoms with van der Waals surface area (Å²) in [6, 6.07) is 0. The van der Waals surface area contributed by atoms with Gasteiger partial charge in [-0.05, 0) is 18.3 Å². The van der Waals surface area contributed by atoms with Gasteiger partial charge in [-0.3, -0.25) is 0 Å². The van der Waals surface area contributed by atoms with Crippen molar-refractivity contribution in [3.8, 4) is 0 Å². The van der Waals surface area contributed by atoms with Crippen LogP contribution in [-0.4, -0.2) is 27.3 Å². The van der Waals surface area contributed by atoms with Crippen molar-refractivity contribution in [1.29, 1.82) is 0 Å². The van der Waals surface area contributed by atoms with E-state index in [1.807, 2.05) is 0 Å². The third-order valence-corrected chi connectivity index (χ3v) is 2.87.